The van der Waals surface area contributed by atoms with Crippen molar-refractivity contribution < 1.29 is 24.2 Å². The molecule has 4 saturated carbocycles. The summed E-state index contributed by atoms with van der Waals surface area (Å²) in [5.74, 6) is 0.352. The highest BCUT2D eigenvalue weighted by atomic mass is 16.7. The van der Waals surface area contributed by atoms with Crippen LogP contribution in [0.15, 0.2) is 0 Å². The molecule has 180 valence electrons. The molecule has 5 rings (SSSR count). The average Bonchev–Trinajstić information content (AvgIpc) is 3.04. The third-order valence-electron chi connectivity index (χ3n) is 10.9. The van der Waals surface area contributed by atoms with Crippen molar-refractivity contribution in [1.82, 2.24) is 0 Å². The molecule has 0 aromatic heterocycles. The lowest BCUT2D eigenvalue weighted by molar-refractivity contribution is -0.358. The second-order valence-electron chi connectivity index (χ2n) is 13.4. The van der Waals surface area contributed by atoms with Gasteiger partial charge in [-0.3, -0.25) is 9.59 Å². The monoisotopic (exact) mass is 446 g/mol. The third-order valence-corrected chi connectivity index (χ3v) is 10.9. The normalized spacial score (nSPS) is 51.6. The topological polar surface area (TPSA) is 72.8 Å². The number of carbonyl (C=O) groups is 2. The first-order chi connectivity index (χ1) is 14.8. The largest absolute Gasteiger partial charge is 0.389 e. The van der Waals surface area contributed by atoms with Gasteiger partial charge in [-0.05, 0) is 55.8 Å². The van der Waals surface area contributed by atoms with Gasteiger partial charge in [0.25, 0.3) is 0 Å². The van der Waals surface area contributed by atoms with Crippen molar-refractivity contribution in [3.8, 4) is 0 Å². The number of ketones is 2. The summed E-state index contributed by atoms with van der Waals surface area (Å²) in [6, 6.07) is 0. The van der Waals surface area contributed by atoms with Gasteiger partial charge < -0.3 is 14.6 Å². The minimum atomic E-state index is -0.990. The van der Waals surface area contributed by atoms with Gasteiger partial charge in [-0.25, -0.2) is 0 Å². The summed E-state index contributed by atoms with van der Waals surface area (Å²) in [5, 5.41) is 12.3. The summed E-state index contributed by atoms with van der Waals surface area (Å²) in [5.41, 5.74) is -1.70. The number of hydrogen-bond acceptors (Lipinski definition) is 5. The van der Waals surface area contributed by atoms with Crippen LogP contribution in [0.3, 0.4) is 0 Å². The second-order valence-corrected chi connectivity index (χ2v) is 13.4. The van der Waals surface area contributed by atoms with Gasteiger partial charge in [0.05, 0.1) is 18.8 Å². The zero-order valence-corrected chi connectivity index (χ0v) is 20.8. The summed E-state index contributed by atoms with van der Waals surface area (Å²) in [6.07, 6.45) is 5.17. The molecule has 32 heavy (non-hydrogen) atoms. The van der Waals surface area contributed by atoms with Crippen LogP contribution in [0.5, 0.6) is 0 Å². The number of hydrogen-bond donors (Lipinski definition) is 1. The Kier molecular flexibility index (Phi) is 4.94. The maximum Gasteiger partial charge on any atom is 0.171 e. The highest BCUT2D eigenvalue weighted by molar-refractivity contribution is 5.87. The van der Waals surface area contributed by atoms with Crippen molar-refractivity contribution in [2.75, 3.05) is 13.2 Å². The predicted molar refractivity (Wildman–Crippen MR) is 121 cm³/mol. The number of ether oxygens (including phenoxy) is 2. The quantitative estimate of drug-likeness (QED) is 0.640. The molecule has 5 aliphatic rings. The van der Waals surface area contributed by atoms with E-state index >= 15 is 0 Å². The third kappa shape index (κ3) is 2.92. The number of fused-ring (bicyclic) bond motifs is 5. The van der Waals surface area contributed by atoms with Gasteiger partial charge >= 0.3 is 0 Å². The summed E-state index contributed by atoms with van der Waals surface area (Å²) in [7, 11) is 0. The first-order valence-electron chi connectivity index (χ1n) is 12.8. The van der Waals surface area contributed by atoms with Gasteiger partial charge in [-0.2, -0.15) is 0 Å². The molecule has 8 atom stereocenters. The fourth-order valence-electron chi connectivity index (χ4n) is 9.09. The molecule has 1 spiro atoms. The average molecular weight is 447 g/mol. The summed E-state index contributed by atoms with van der Waals surface area (Å²) in [6.45, 7) is 13.8. The minimum absolute atomic E-state index is 0.00309. The molecule has 0 bridgehead atoms. The number of rotatable bonds is 1. The Morgan fingerprint density at radius 1 is 1.06 bits per heavy atom. The van der Waals surface area contributed by atoms with Crippen LogP contribution in [0.25, 0.3) is 0 Å². The Bertz CT molecular complexity index is 824. The van der Waals surface area contributed by atoms with Crippen LogP contribution < -0.4 is 0 Å². The van der Waals surface area contributed by atoms with Gasteiger partial charge in [-0.1, -0.05) is 34.6 Å². The smallest absolute Gasteiger partial charge is 0.171 e. The molecule has 1 heterocycles. The van der Waals surface area contributed by atoms with E-state index in [2.05, 4.69) is 34.6 Å². The molecule has 1 aliphatic heterocycles. The van der Waals surface area contributed by atoms with Crippen molar-refractivity contribution >= 4 is 11.6 Å². The van der Waals surface area contributed by atoms with Crippen LogP contribution in [0.1, 0.15) is 86.5 Å². The molecule has 0 aromatic carbocycles. The first-order valence-corrected chi connectivity index (χ1v) is 12.8. The molecular formula is C27H42O5. The molecule has 0 aromatic rings. The number of Topliss-reactive ketones (excluding diaryl/α,β-unsaturated/α-hetero) is 2. The molecule has 8 unspecified atom stereocenters. The van der Waals surface area contributed by atoms with E-state index in [1.807, 2.05) is 0 Å². The molecule has 5 fully saturated rings. The molecule has 4 aliphatic carbocycles. The van der Waals surface area contributed by atoms with E-state index in [0.717, 1.165) is 32.1 Å². The Morgan fingerprint density at radius 3 is 2.34 bits per heavy atom. The van der Waals surface area contributed by atoms with Crippen molar-refractivity contribution in [2.45, 2.75) is 97.9 Å². The van der Waals surface area contributed by atoms with Crippen LogP contribution in [0, 0.1) is 45.8 Å². The van der Waals surface area contributed by atoms with Crippen LogP contribution in [-0.2, 0) is 19.1 Å². The van der Waals surface area contributed by atoms with Crippen molar-refractivity contribution in [3.05, 3.63) is 0 Å². The molecule has 1 N–H and O–H groups in total. The van der Waals surface area contributed by atoms with E-state index in [1.54, 1.807) is 6.92 Å². The van der Waals surface area contributed by atoms with Gasteiger partial charge in [-0.15, -0.1) is 0 Å². The maximum absolute atomic E-state index is 13.8. The molecule has 5 heteroatoms. The lowest BCUT2D eigenvalue weighted by Gasteiger charge is -2.67. The fraction of sp³-hybridized carbons (Fsp3) is 0.926. The number of aliphatic hydroxyl groups is 1. The zero-order chi connectivity index (χ0) is 23.3. The predicted octanol–water partition coefficient (Wildman–Crippen LogP) is 4.54. The zero-order valence-electron chi connectivity index (χ0n) is 20.8. The van der Waals surface area contributed by atoms with Crippen LogP contribution >= 0.6 is 0 Å². The van der Waals surface area contributed by atoms with E-state index in [9.17, 15) is 14.7 Å². The van der Waals surface area contributed by atoms with Crippen molar-refractivity contribution in [2.24, 2.45) is 45.8 Å². The Hall–Kier alpha value is -0.780. The van der Waals surface area contributed by atoms with Crippen molar-refractivity contribution in [3.63, 3.8) is 0 Å². The van der Waals surface area contributed by atoms with Crippen LogP contribution in [0.4, 0.5) is 0 Å². The van der Waals surface area contributed by atoms with E-state index < -0.39 is 16.8 Å². The standard InChI is InChI=1S/C27H42O5/c1-16-11-18-20-8-7-19(17(2)28)24(20,5)12-21(29)22(18)25(6)9-10-26(13-27(16,25)30)31-14-23(3,4)15-32-26/h16,18-20,22,30H,7-15H2,1-6H3. The van der Waals surface area contributed by atoms with E-state index in [-0.39, 0.29) is 46.1 Å². The number of carbonyl (C=O) groups excluding carboxylic acids is 2. The van der Waals surface area contributed by atoms with Gasteiger partial charge in [0.2, 0.25) is 0 Å². The van der Waals surface area contributed by atoms with Gasteiger partial charge in [0.15, 0.2) is 5.79 Å². The van der Waals surface area contributed by atoms with E-state index in [1.165, 1.54) is 0 Å². The molecular weight excluding hydrogens is 404 g/mol. The summed E-state index contributed by atoms with van der Waals surface area (Å²) >= 11 is 0. The molecule has 1 saturated heterocycles. The first kappa shape index (κ1) is 23.0. The van der Waals surface area contributed by atoms with E-state index in [4.69, 9.17) is 9.47 Å². The fourth-order valence-corrected chi connectivity index (χ4v) is 9.09. The minimum Gasteiger partial charge on any atom is -0.389 e. The molecule has 0 radical (unpaired) electrons. The Labute approximate surface area is 193 Å². The Balaban J connectivity index is 1.48. The Morgan fingerprint density at radius 2 is 1.72 bits per heavy atom. The lowest BCUT2D eigenvalue weighted by atomic mass is 9.40. The second kappa shape index (κ2) is 6.88. The highest BCUT2D eigenvalue weighted by Gasteiger charge is 2.71. The SMILES string of the molecule is CC(=O)C1CCC2C3CC(C)C4(O)CC5(CCC4(C)C3C(=O)CC12C)OCC(C)(C)CO5. The summed E-state index contributed by atoms with van der Waals surface area (Å²) in [4.78, 5) is 26.2. The van der Waals surface area contributed by atoms with Crippen molar-refractivity contribution in [1.29, 1.82) is 0 Å². The highest BCUT2D eigenvalue weighted by Crippen LogP contribution is 2.69. The maximum atomic E-state index is 13.8. The van der Waals surface area contributed by atoms with Gasteiger partial charge in [0, 0.05) is 41.9 Å². The summed E-state index contributed by atoms with van der Waals surface area (Å²) < 4.78 is 12.6. The molecule has 0 amide bonds. The van der Waals surface area contributed by atoms with Crippen LogP contribution in [-0.4, -0.2) is 41.3 Å². The van der Waals surface area contributed by atoms with Gasteiger partial charge in [0.1, 0.15) is 11.6 Å². The van der Waals surface area contributed by atoms with Crippen LogP contribution in [0.2, 0.25) is 0 Å². The lowest BCUT2D eigenvalue weighted by Crippen LogP contribution is -2.71. The molecule has 5 nitrogen and oxygen atoms in total. The van der Waals surface area contributed by atoms with E-state index in [0.29, 0.717) is 32.0 Å².